The average molecular weight is 1210 g/mol. The van der Waals surface area contributed by atoms with Crippen LogP contribution in [0.15, 0.2) is 91.0 Å². The second-order valence-corrected chi connectivity index (χ2v) is 27.4. The number of rotatable bonds is 30. The third-order valence-corrected chi connectivity index (χ3v) is 21.0. The number of ether oxygens (including phenoxy) is 6. The minimum Gasteiger partial charge on any atom is -0.493 e. The van der Waals surface area contributed by atoms with Crippen LogP contribution >= 0.6 is 33.3 Å². The topological polar surface area (TPSA) is 154 Å². The van der Waals surface area contributed by atoms with Crippen molar-refractivity contribution < 1.29 is 52.4 Å². The Morgan fingerprint density at radius 2 is 1.26 bits per heavy atom. The number of benzene rings is 5. The van der Waals surface area contributed by atoms with Gasteiger partial charge in [0.25, 0.3) is 11.8 Å². The van der Waals surface area contributed by atoms with Crippen molar-refractivity contribution >= 4 is 79.8 Å². The summed E-state index contributed by atoms with van der Waals surface area (Å²) in [5.74, 6) is 2.45. The van der Waals surface area contributed by atoms with Gasteiger partial charge >= 0.3 is 0 Å². The standard InChI is InChI=1S/C67H80N4O11S3/c1-44-31-55-47(19-21-51-35-49-13-7-9-17-57(49)70(51)64(55)74)37-59(44)81-41-45-32-46(42-82-61-38-48-20-22-52-36-50-14-8-10-18-58(50)71(52)65(75)56(48)39-60(61)78-5)34-53(33-45)68(24-25-79-28-29-80-27-26-77-4)43-67(2,3)85-84-30-12-16-54(72)15-11-23-69-63(73)40-62(83-6)66(69)76/h7-10,13-14,17-18,31-34,37-39,51-52,62H,11-12,15-16,19-30,35-36,40-43H2,1-6H3/t51-,52-,62?/m1/s1. The van der Waals surface area contributed by atoms with Crippen LogP contribution in [-0.4, -0.2) is 135 Å². The molecule has 452 valence electrons. The molecule has 1 fully saturated rings. The van der Waals surface area contributed by atoms with Crippen LogP contribution in [0.4, 0.5) is 17.1 Å². The van der Waals surface area contributed by atoms with E-state index >= 15 is 0 Å². The molecular weight excluding hydrogens is 1130 g/mol. The van der Waals surface area contributed by atoms with Gasteiger partial charge in [-0.3, -0.25) is 28.9 Å². The van der Waals surface area contributed by atoms with E-state index in [1.54, 1.807) is 35.8 Å². The maximum Gasteiger partial charge on any atom is 0.258 e. The zero-order chi connectivity index (χ0) is 59.6. The van der Waals surface area contributed by atoms with Crippen LogP contribution in [0.1, 0.15) is 118 Å². The second kappa shape index (κ2) is 28.7. The fourth-order valence-electron chi connectivity index (χ4n) is 12.4. The Labute approximate surface area is 512 Å². The first kappa shape index (κ1) is 62.0. The number of nitrogens with zero attached hydrogens (tertiary/aromatic N) is 4. The smallest absolute Gasteiger partial charge is 0.258 e. The van der Waals surface area contributed by atoms with Gasteiger partial charge in [0.2, 0.25) is 11.8 Å². The number of fused-ring (bicyclic) bond motifs is 8. The number of methoxy groups -OCH3 is 2. The average Bonchev–Trinajstić information content (AvgIpc) is 2.03. The van der Waals surface area contributed by atoms with Crippen molar-refractivity contribution in [3.05, 3.63) is 141 Å². The minimum atomic E-state index is -0.314. The van der Waals surface area contributed by atoms with Crippen molar-refractivity contribution in [3.8, 4) is 17.2 Å². The highest BCUT2D eigenvalue weighted by Crippen LogP contribution is 2.43. The lowest BCUT2D eigenvalue weighted by atomic mass is 9.98. The van der Waals surface area contributed by atoms with Crippen LogP contribution in [0, 0.1) is 6.92 Å². The molecule has 0 N–H and O–H groups in total. The van der Waals surface area contributed by atoms with E-state index in [4.69, 9.17) is 28.4 Å². The van der Waals surface area contributed by atoms with Gasteiger partial charge in [0.15, 0.2) is 11.5 Å². The Hall–Kier alpha value is -6.02. The van der Waals surface area contributed by atoms with Crippen LogP contribution in [0.25, 0.3) is 0 Å². The maximum atomic E-state index is 14.4. The molecule has 3 atom stereocenters. The summed E-state index contributed by atoms with van der Waals surface area (Å²) in [5.41, 5.74) is 11.4. The first-order valence-electron chi connectivity index (χ1n) is 29.9. The molecule has 5 aromatic carbocycles. The zero-order valence-electron chi connectivity index (χ0n) is 50.0. The molecule has 5 aliphatic rings. The summed E-state index contributed by atoms with van der Waals surface area (Å²) in [5, 5.41) is -0.314. The number of ketones is 1. The van der Waals surface area contributed by atoms with Crippen molar-refractivity contribution in [2.45, 2.75) is 127 Å². The third-order valence-electron chi connectivity index (χ3n) is 16.7. The van der Waals surface area contributed by atoms with E-state index < -0.39 is 0 Å². The van der Waals surface area contributed by atoms with E-state index in [0.717, 1.165) is 107 Å². The maximum absolute atomic E-state index is 14.4. The van der Waals surface area contributed by atoms with Crippen molar-refractivity contribution in [2.24, 2.45) is 0 Å². The molecule has 4 amide bonds. The summed E-state index contributed by atoms with van der Waals surface area (Å²) in [6, 6.07) is 31.0. The minimum absolute atomic E-state index is 0.0200. The summed E-state index contributed by atoms with van der Waals surface area (Å²) in [6.45, 7) is 10.8. The van der Waals surface area contributed by atoms with E-state index in [1.807, 2.05) is 71.5 Å². The number of para-hydroxylation sites is 2. The van der Waals surface area contributed by atoms with Gasteiger partial charge in [0.05, 0.1) is 45.4 Å². The number of hydrogen-bond acceptors (Lipinski definition) is 15. The highest BCUT2D eigenvalue weighted by atomic mass is 33.1. The number of imide groups is 1. The molecule has 85 heavy (non-hydrogen) atoms. The van der Waals surface area contributed by atoms with Crippen LogP contribution in [-0.2, 0) is 67.5 Å². The molecule has 15 nitrogen and oxygen atoms in total. The fraction of sp³-hybridized carbons (Fsp3) is 0.478. The van der Waals surface area contributed by atoms with Gasteiger partial charge in [-0.2, -0.15) is 11.8 Å². The Balaban J connectivity index is 0.869. The summed E-state index contributed by atoms with van der Waals surface area (Å²) in [7, 11) is 6.81. The molecule has 0 aliphatic carbocycles. The van der Waals surface area contributed by atoms with Gasteiger partial charge in [0, 0.05) is 96.8 Å². The number of thioether (sulfide) groups is 1. The Morgan fingerprint density at radius 1 is 0.671 bits per heavy atom. The number of Topliss-reactive ketones (excluding diaryl/α,β-unsaturated/α-hetero) is 1. The molecule has 18 heteroatoms. The number of hydrogen-bond donors (Lipinski definition) is 0. The highest BCUT2D eigenvalue weighted by molar-refractivity contribution is 8.77. The molecule has 5 heterocycles. The van der Waals surface area contributed by atoms with Gasteiger partial charge in [-0.1, -0.05) is 58.0 Å². The molecular formula is C67H80N4O11S3. The number of amides is 4. The van der Waals surface area contributed by atoms with Crippen molar-refractivity contribution in [1.29, 1.82) is 0 Å². The van der Waals surface area contributed by atoms with E-state index in [-0.39, 0.29) is 71.1 Å². The van der Waals surface area contributed by atoms with Crippen LogP contribution in [0.5, 0.6) is 17.2 Å². The highest BCUT2D eigenvalue weighted by Gasteiger charge is 2.40. The predicted molar refractivity (Wildman–Crippen MR) is 339 cm³/mol. The van der Waals surface area contributed by atoms with Gasteiger partial charge in [-0.25, -0.2) is 0 Å². The summed E-state index contributed by atoms with van der Waals surface area (Å²) in [6.07, 6.45) is 8.96. The molecule has 0 spiro atoms. The van der Waals surface area contributed by atoms with Gasteiger partial charge in [-0.15, -0.1) is 0 Å². The molecule has 5 aromatic rings. The third kappa shape index (κ3) is 14.9. The van der Waals surface area contributed by atoms with Gasteiger partial charge < -0.3 is 43.1 Å². The molecule has 5 aliphatic heterocycles. The Kier molecular flexibility index (Phi) is 20.9. The van der Waals surface area contributed by atoms with Crippen LogP contribution in [0.2, 0.25) is 0 Å². The van der Waals surface area contributed by atoms with Crippen LogP contribution in [0.3, 0.4) is 0 Å². The summed E-state index contributed by atoms with van der Waals surface area (Å²) in [4.78, 5) is 74.2. The van der Waals surface area contributed by atoms with Crippen molar-refractivity contribution in [1.82, 2.24) is 4.90 Å². The molecule has 1 saturated heterocycles. The lowest BCUT2D eigenvalue weighted by molar-refractivity contribution is -0.138. The van der Waals surface area contributed by atoms with Crippen LogP contribution < -0.4 is 28.9 Å². The monoisotopic (exact) mass is 1210 g/mol. The van der Waals surface area contributed by atoms with Gasteiger partial charge in [-0.05, 0) is 172 Å². The number of likely N-dealkylation sites (tertiary alicyclic amines) is 1. The summed E-state index contributed by atoms with van der Waals surface area (Å²) >= 11 is 1.40. The zero-order valence-corrected chi connectivity index (χ0v) is 52.4. The van der Waals surface area contributed by atoms with E-state index in [0.29, 0.717) is 89.0 Å². The molecule has 0 saturated carbocycles. The molecule has 0 aromatic heterocycles. The first-order chi connectivity index (χ1) is 41.2. The molecule has 1 unspecified atom stereocenters. The number of carbonyl (C=O) groups excluding carboxylic acids is 5. The number of anilines is 3. The van der Waals surface area contributed by atoms with E-state index in [1.165, 1.54) is 27.8 Å². The fourth-order valence-corrected chi connectivity index (χ4v) is 15.6. The summed E-state index contributed by atoms with van der Waals surface area (Å²) < 4.78 is 36.4. The molecule has 10 rings (SSSR count). The Morgan fingerprint density at radius 3 is 1.88 bits per heavy atom. The largest absolute Gasteiger partial charge is 0.493 e. The van der Waals surface area contributed by atoms with E-state index in [9.17, 15) is 24.0 Å². The number of carbonyl (C=O) groups is 5. The van der Waals surface area contributed by atoms with E-state index in [2.05, 4.69) is 61.2 Å². The molecule has 0 radical (unpaired) electrons. The second-order valence-electron chi connectivity index (χ2n) is 23.3. The van der Waals surface area contributed by atoms with Crippen molar-refractivity contribution in [3.63, 3.8) is 0 Å². The quantitative estimate of drug-likeness (QED) is 0.0243. The van der Waals surface area contributed by atoms with Gasteiger partial charge in [0.1, 0.15) is 24.7 Å². The lowest BCUT2D eigenvalue weighted by Gasteiger charge is -2.34. The first-order valence-corrected chi connectivity index (χ1v) is 33.5. The predicted octanol–water partition coefficient (Wildman–Crippen LogP) is 11.5. The normalized spacial score (nSPS) is 17.9. The number of aryl methyl sites for hydroxylation is 3. The van der Waals surface area contributed by atoms with Crippen molar-refractivity contribution in [2.75, 3.05) is 93.6 Å². The lowest BCUT2D eigenvalue weighted by Crippen LogP contribution is -2.38. The SMILES string of the molecule is COCCOCCOCCN(CC(C)(C)SSCCCC(=O)CCCN1C(=O)CC(SC)C1=O)c1cc(COc2cc3c(cc2C)C(=O)N2c4ccccc4C[C@H]2CC3)cc(COc2cc3c(cc2OC)C(=O)N2c4ccccc4C[C@H]2CC3)c1. The Bertz CT molecular complexity index is 3250. The molecule has 0 bridgehead atoms.